The Bertz CT molecular complexity index is 705. The van der Waals surface area contributed by atoms with Crippen LogP contribution in [-0.4, -0.2) is 19.0 Å². The van der Waals surface area contributed by atoms with Crippen molar-refractivity contribution < 1.29 is 23.7 Å². The molecule has 2 N–H and O–H groups in total. The number of ether oxygens (including phenoxy) is 3. The first-order valence-electron chi connectivity index (χ1n) is 7.26. The topological polar surface area (TPSA) is 60.0 Å². The summed E-state index contributed by atoms with van der Waals surface area (Å²) in [7, 11) is 1.58. The van der Waals surface area contributed by atoms with Gasteiger partial charge < -0.3 is 24.6 Å². The molecule has 0 aliphatic carbocycles. The first-order chi connectivity index (χ1) is 11.2. The molecule has 1 heterocycles. The fourth-order valence-electron chi connectivity index (χ4n) is 2.47. The Morgan fingerprint density at radius 3 is 2.74 bits per heavy atom. The van der Waals surface area contributed by atoms with Gasteiger partial charge in [0.05, 0.1) is 13.7 Å². The van der Waals surface area contributed by atoms with E-state index in [1.165, 1.54) is 6.07 Å². The van der Waals surface area contributed by atoms with Crippen LogP contribution < -0.4 is 19.5 Å². The predicted molar refractivity (Wildman–Crippen MR) is 82.0 cm³/mol. The van der Waals surface area contributed by atoms with Gasteiger partial charge in [-0.05, 0) is 29.3 Å². The third-order valence-electron chi connectivity index (χ3n) is 3.66. The third kappa shape index (κ3) is 3.38. The molecule has 6 heteroatoms. The summed E-state index contributed by atoms with van der Waals surface area (Å²) in [6, 6.07) is 8.60. The fourth-order valence-corrected chi connectivity index (χ4v) is 2.47. The van der Waals surface area contributed by atoms with E-state index in [-0.39, 0.29) is 13.4 Å². The van der Waals surface area contributed by atoms with E-state index in [0.717, 1.165) is 11.1 Å². The number of fused-ring (bicyclic) bond motifs is 1. The van der Waals surface area contributed by atoms with Gasteiger partial charge in [-0.2, -0.15) is 0 Å². The van der Waals surface area contributed by atoms with E-state index in [2.05, 4.69) is 5.32 Å². The minimum atomic E-state index is -0.392. The zero-order valence-corrected chi connectivity index (χ0v) is 12.8. The highest BCUT2D eigenvalue weighted by Crippen LogP contribution is 2.41. The first kappa shape index (κ1) is 15.6. The quantitative estimate of drug-likeness (QED) is 0.856. The first-order valence-corrected chi connectivity index (χ1v) is 7.26. The summed E-state index contributed by atoms with van der Waals surface area (Å²) in [6.45, 7) is 0.991. The molecule has 0 fully saturated rings. The Labute approximate surface area is 133 Å². The minimum absolute atomic E-state index is 0.194. The summed E-state index contributed by atoms with van der Waals surface area (Å²) in [4.78, 5) is 0. The van der Waals surface area contributed by atoms with Crippen LogP contribution in [0.15, 0.2) is 30.3 Å². The molecule has 0 spiro atoms. The maximum atomic E-state index is 13.6. The van der Waals surface area contributed by atoms with Crippen LogP contribution in [0.5, 0.6) is 17.2 Å². The van der Waals surface area contributed by atoms with Gasteiger partial charge in [-0.15, -0.1) is 0 Å². The van der Waals surface area contributed by atoms with Crippen molar-refractivity contribution >= 4 is 0 Å². The molecule has 0 aromatic heterocycles. The van der Waals surface area contributed by atoms with Crippen LogP contribution in [0.4, 0.5) is 4.39 Å². The van der Waals surface area contributed by atoms with Gasteiger partial charge in [0.15, 0.2) is 11.5 Å². The normalized spacial score (nSPS) is 12.5. The van der Waals surface area contributed by atoms with E-state index in [4.69, 9.17) is 19.3 Å². The molecule has 0 bridgehead atoms. The van der Waals surface area contributed by atoms with Crippen LogP contribution in [0.2, 0.25) is 0 Å². The van der Waals surface area contributed by atoms with E-state index in [1.807, 2.05) is 12.1 Å². The summed E-state index contributed by atoms with van der Waals surface area (Å²) < 4.78 is 29.7. The molecule has 0 atom stereocenters. The second kappa shape index (κ2) is 6.85. The highest BCUT2D eigenvalue weighted by molar-refractivity contribution is 5.55. The molecule has 3 rings (SSSR count). The van der Waals surface area contributed by atoms with Crippen LogP contribution >= 0.6 is 0 Å². The molecule has 0 unspecified atom stereocenters. The number of hydrogen-bond acceptors (Lipinski definition) is 5. The van der Waals surface area contributed by atoms with E-state index in [1.54, 1.807) is 19.2 Å². The lowest BCUT2D eigenvalue weighted by Crippen LogP contribution is -2.13. The van der Waals surface area contributed by atoms with Crippen molar-refractivity contribution in [2.45, 2.75) is 19.7 Å². The van der Waals surface area contributed by atoms with Crippen molar-refractivity contribution in [3.8, 4) is 17.2 Å². The van der Waals surface area contributed by atoms with Gasteiger partial charge >= 0.3 is 0 Å². The largest absolute Gasteiger partial charge is 0.493 e. The van der Waals surface area contributed by atoms with E-state index >= 15 is 0 Å². The predicted octanol–water partition coefficient (Wildman–Crippen LogP) is 2.35. The minimum Gasteiger partial charge on any atom is -0.493 e. The molecule has 0 radical (unpaired) electrons. The SMILES string of the molecule is COc1cc(CNCc2ccc(CO)c(F)c2)cc2c1OCO2. The van der Waals surface area contributed by atoms with E-state index in [0.29, 0.717) is 35.9 Å². The van der Waals surface area contributed by atoms with Gasteiger partial charge in [0.1, 0.15) is 5.82 Å². The number of benzene rings is 2. The number of rotatable bonds is 6. The summed E-state index contributed by atoms with van der Waals surface area (Å²) in [5, 5.41) is 12.2. The molecule has 2 aromatic rings. The van der Waals surface area contributed by atoms with Crippen LogP contribution in [-0.2, 0) is 19.7 Å². The van der Waals surface area contributed by atoms with Crippen molar-refractivity contribution in [3.05, 3.63) is 52.8 Å². The zero-order valence-electron chi connectivity index (χ0n) is 12.8. The summed E-state index contributed by atoms with van der Waals surface area (Å²) in [5.41, 5.74) is 2.10. The van der Waals surface area contributed by atoms with Crippen molar-refractivity contribution in [3.63, 3.8) is 0 Å². The zero-order chi connectivity index (χ0) is 16.2. The van der Waals surface area contributed by atoms with Gasteiger partial charge in [0, 0.05) is 18.7 Å². The van der Waals surface area contributed by atoms with Gasteiger partial charge in [0.25, 0.3) is 0 Å². The lowest BCUT2D eigenvalue weighted by atomic mass is 10.1. The standard InChI is InChI=1S/C17H18FNO4/c1-21-15-5-12(6-16-17(15)23-10-22-16)8-19-7-11-2-3-13(9-20)14(18)4-11/h2-6,19-20H,7-10H2,1H3. The van der Waals surface area contributed by atoms with Gasteiger partial charge in [0.2, 0.25) is 12.5 Å². The number of nitrogens with one attached hydrogen (secondary N) is 1. The molecule has 0 saturated heterocycles. The Hall–Kier alpha value is -2.31. The highest BCUT2D eigenvalue weighted by Gasteiger charge is 2.19. The summed E-state index contributed by atoms with van der Waals surface area (Å²) in [6.07, 6.45) is 0. The number of halogens is 1. The molecular weight excluding hydrogens is 301 g/mol. The second-order valence-electron chi connectivity index (χ2n) is 5.22. The Morgan fingerprint density at radius 1 is 1.17 bits per heavy atom. The molecule has 2 aromatic carbocycles. The van der Waals surface area contributed by atoms with Crippen LogP contribution in [0.25, 0.3) is 0 Å². The van der Waals surface area contributed by atoms with Gasteiger partial charge in [-0.3, -0.25) is 0 Å². The van der Waals surface area contributed by atoms with Crippen LogP contribution in [0, 0.1) is 5.82 Å². The summed E-state index contributed by atoms with van der Waals surface area (Å²) in [5.74, 6) is 1.53. The third-order valence-corrected chi connectivity index (χ3v) is 3.66. The number of methoxy groups -OCH3 is 1. The maximum Gasteiger partial charge on any atom is 0.231 e. The van der Waals surface area contributed by atoms with E-state index < -0.39 is 5.82 Å². The molecule has 23 heavy (non-hydrogen) atoms. The average Bonchev–Trinajstić information content (AvgIpc) is 3.03. The smallest absolute Gasteiger partial charge is 0.231 e. The van der Waals surface area contributed by atoms with Crippen LogP contribution in [0.3, 0.4) is 0 Å². The molecular formula is C17H18FNO4. The van der Waals surface area contributed by atoms with Crippen molar-refractivity contribution in [1.29, 1.82) is 0 Å². The second-order valence-corrected chi connectivity index (χ2v) is 5.22. The number of aliphatic hydroxyl groups is 1. The van der Waals surface area contributed by atoms with Crippen LogP contribution in [0.1, 0.15) is 16.7 Å². The average molecular weight is 319 g/mol. The molecule has 1 aliphatic heterocycles. The van der Waals surface area contributed by atoms with Gasteiger partial charge in [-0.25, -0.2) is 4.39 Å². The monoisotopic (exact) mass is 319 g/mol. The van der Waals surface area contributed by atoms with Crippen molar-refractivity contribution in [1.82, 2.24) is 5.32 Å². The molecule has 0 amide bonds. The Balaban J connectivity index is 1.64. The van der Waals surface area contributed by atoms with Gasteiger partial charge in [-0.1, -0.05) is 12.1 Å². The molecule has 5 nitrogen and oxygen atoms in total. The van der Waals surface area contributed by atoms with Crippen molar-refractivity contribution in [2.24, 2.45) is 0 Å². The Morgan fingerprint density at radius 2 is 2.00 bits per heavy atom. The maximum absolute atomic E-state index is 13.6. The molecule has 122 valence electrons. The number of hydrogen-bond donors (Lipinski definition) is 2. The highest BCUT2D eigenvalue weighted by atomic mass is 19.1. The molecule has 0 saturated carbocycles. The van der Waals surface area contributed by atoms with Crippen molar-refractivity contribution in [2.75, 3.05) is 13.9 Å². The number of aliphatic hydroxyl groups excluding tert-OH is 1. The fraction of sp³-hybridized carbons (Fsp3) is 0.294. The molecule has 1 aliphatic rings. The Kier molecular flexibility index (Phi) is 4.64. The van der Waals surface area contributed by atoms with E-state index in [9.17, 15) is 4.39 Å². The summed E-state index contributed by atoms with van der Waals surface area (Å²) >= 11 is 0. The lowest BCUT2D eigenvalue weighted by Gasteiger charge is -2.10. The lowest BCUT2D eigenvalue weighted by molar-refractivity contribution is 0.171.